The largest absolute Gasteiger partial charge is 0.379 e. The molecule has 11 heteroatoms. The molecule has 2 aliphatic rings. The van der Waals surface area contributed by atoms with Crippen molar-refractivity contribution >= 4 is 46.1 Å². The first-order valence-corrected chi connectivity index (χ1v) is 13.3. The van der Waals surface area contributed by atoms with E-state index in [0.717, 1.165) is 44.2 Å². The maximum atomic E-state index is 13.1. The number of amides is 1. The van der Waals surface area contributed by atoms with Gasteiger partial charge in [-0.3, -0.25) is 9.59 Å². The lowest BCUT2D eigenvalue weighted by molar-refractivity contribution is -0.121. The van der Waals surface area contributed by atoms with Crippen LogP contribution in [0.5, 0.6) is 0 Å². The molecule has 0 aliphatic heterocycles. The minimum absolute atomic E-state index is 0.0960. The summed E-state index contributed by atoms with van der Waals surface area (Å²) in [5.74, 6) is 1.06. The number of fused-ring (bicyclic) bond motifs is 1. The van der Waals surface area contributed by atoms with Crippen molar-refractivity contribution in [1.82, 2.24) is 24.9 Å². The second kappa shape index (κ2) is 11.0. The van der Waals surface area contributed by atoms with Crippen molar-refractivity contribution < 1.29 is 9.59 Å². The molecule has 0 saturated heterocycles. The van der Waals surface area contributed by atoms with E-state index in [4.69, 9.17) is 16.7 Å². The second-order valence-corrected chi connectivity index (χ2v) is 10.5. The molecular weight excluding hydrogens is 492 g/mol. The number of halogens is 1. The van der Waals surface area contributed by atoms with Crippen LogP contribution >= 0.6 is 11.6 Å². The van der Waals surface area contributed by atoms with Gasteiger partial charge in [0.15, 0.2) is 11.3 Å². The molecule has 0 unspecified atom stereocenters. The van der Waals surface area contributed by atoms with E-state index in [1.807, 2.05) is 20.0 Å². The van der Waals surface area contributed by atoms with Crippen LogP contribution in [0.1, 0.15) is 62.4 Å². The van der Waals surface area contributed by atoms with E-state index < -0.39 is 0 Å². The minimum atomic E-state index is -0.335. The van der Waals surface area contributed by atoms with Crippen LogP contribution in [-0.2, 0) is 4.79 Å². The van der Waals surface area contributed by atoms with Crippen molar-refractivity contribution in [2.24, 2.45) is 5.92 Å². The second-order valence-electron chi connectivity index (χ2n) is 10.1. The predicted octanol–water partition coefficient (Wildman–Crippen LogP) is 4.14. The summed E-state index contributed by atoms with van der Waals surface area (Å²) in [7, 11) is 1.82. The van der Waals surface area contributed by atoms with E-state index in [-0.39, 0.29) is 23.8 Å². The van der Waals surface area contributed by atoms with Gasteiger partial charge in [-0.25, -0.2) is 14.5 Å². The summed E-state index contributed by atoms with van der Waals surface area (Å²) < 4.78 is 1.59. The Morgan fingerprint density at radius 3 is 2.51 bits per heavy atom. The molecule has 3 heterocycles. The number of nitrogens with zero attached hydrogens (tertiary/aromatic N) is 4. The lowest BCUT2D eigenvalue weighted by Crippen LogP contribution is -2.34. The third-order valence-electron chi connectivity index (χ3n) is 7.23. The fourth-order valence-corrected chi connectivity index (χ4v) is 4.94. The van der Waals surface area contributed by atoms with Crippen LogP contribution in [-0.4, -0.2) is 56.4 Å². The highest BCUT2D eigenvalue weighted by molar-refractivity contribution is 6.29. The van der Waals surface area contributed by atoms with Gasteiger partial charge in [-0.05, 0) is 70.5 Å². The summed E-state index contributed by atoms with van der Waals surface area (Å²) in [5.41, 5.74) is 2.33. The van der Waals surface area contributed by atoms with Gasteiger partial charge in [0.25, 0.3) is 5.91 Å². The number of imidazole rings is 1. The number of likely N-dealkylation sites (N-methyl/N-ethyl adjacent to an activating group) is 1. The summed E-state index contributed by atoms with van der Waals surface area (Å²) in [5, 5.41) is 18.0. The monoisotopic (exact) mass is 524 g/mol. The number of ketones is 1. The van der Waals surface area contributed by atoms with Crippen molar-refractivity contribution in [2.75, 3.05) is 23.0 Å². The Morgan fingerprint density at radius 2 is 1.81 bits per heavy atom. The SMILES string of the molecule is CN[C@H](C)C(=O)CC1CCC(Nc2cc(NC3CC3)c3ncc(C(=O)Nc4ccnc(Cl)c4)n3n2)CC1. The number of hydrogen-bond donors (Lipinski definition) is 4. The average Bonchev–Trinajstić information content (AvgIpc) is 3.59. The van der Waals surface area contributed by atoms with Gasteiger partial charge >= 0.3 is 0 Å². The molecule has 37 heavy (non-hydrogen) atoms. The summed E-state index contributed by atoms with van der Waals surface area (Å²) in [4.78, 5) is 33.9. The molecule has 0 aromatic carbocycles. The van der Waals surface area contributed by atoms with Gasteiger partial charge in [0, 0.05) is 36.5 Å². The van der Waals surface area contributed by atoms with Crippen LogP contribution in [0.4, 0.5) is 17.2 Å². The first kappa shape index (κ1) is 25.4. The van der Waals surface area contributed by atoms with E-state index in [1.54, 1.807) is 16.6 Å². The van der Waals surface area contributed by atoms with Gasteiger partial charge in [-0.2, -0.15) is 0 Å². The molecule has 2 saturated carbocycles. The highest BCUT2D eigenvalue weighted by atomic mass is 35.5. The summed E-state index contributed by atoms with van der Waals surface area (Å²) in [6.07, 6.45) is 9.88. The van der Waals surface area contributed by atoms with E-state index in [1.165, 1.54) is 12.4 Å². The minimum Gasteiger partial charge on any atom is -0.379 e. The average molecular weight is 525 g/mol. The van der Waals surface area contributed by atoms with Gasteiger partial charge in [0.1, 0.15) is 16.8 Å². The van der Waals surface area contributed by atoms with Crippen molar-refractivity contribution in [3.05, 3.63) is 41.4 Å². The summed E-state index contributed by atoms with van der Waals surface area (Å²) in [6.45, 7) is 1.92. The highest BCUT2D eigenvalue weighted by Gasteiger charge is 2.27. The fourth-order valence-electron chi connectivity index (χ4n) is 4.77. The Balaban J connectivity index is 1.31. The van der Waals surface area contributed by atoms with Crippen LogP contribution < -0.4 is 21.3 Å². The first-order chi connectivity index (χ1) is 17.9. The van der Waals surface area contributed by atoms with Crippen molar-refractivity contribution in [3.8, 4) is 0 Å². The van der Waals surface area contributed by atoms with Gasteiger partial charge < -0.3 is 21.3 Å². The van der Waals surface area contributed by atoms with E-state index in [2.05, 4.69) is 31.2 Å². The molecule has 0 spiro atoms. The van der Waals surface area contributed by atoms with Crippen LogP contribution in [0.3, 0.4) is 0 Å². The summed E-state index contributed by atoms with van der Waals surface area (Å²) >= 11 is 5.96. The van der Waals surface area contributed by atoms with Gasteiger partial charge in [-0.15, -0.1) is 5.10 Å². The third-order valence-corrected chi connectivity index (χ3v) is 7.43. The van der Waals surface area contributed by atoms with E-state index in [0.29, 0.717) is 46.4 Å². The molecule has 2 fully saturated rings. The quantitative estimate of drug-likeness (QED) is 0.291. The number of anilines is 3. The standard InChI is InChI=1S/C26H33ClN8O2/c1-15(28-2)22(36)11-16-3-5-18(6-4-16)32-24-13-20(31-17-7-8-17)25-30-14-21(35(25)34-24)26(37)33-19-9-10-29-23(27)12-19/h9-10,12-18,28,31H,3-8,11H2,1-2H3,(H,32,34)(H,29,33,37)/t15-,16?,18?/m1/s1. The Bertz CT molecular complexity index is 1280. The number of rotatable bonds is 10. The molecule has 1 amide bonds. The lowest BCUT2D eigenvalue weighted by atomic mass is 9.82. The molecule has 5 rings (SSSR count). The van der Waals surface area contributed by atoms with Gasteiger partial charge in [0.2, 0.25) is 0 Å². The molecule has 1 atom stereocenters. The zero-order chi connectivity index (χ0) is 25.9. The topological polar surface area (TPSA) is 125 Å². The zero-order valence-electron chi connectivity index (χ0n) is 21.1. The molecule has 2 aliphatic carbocycles. The number of nitrogens with one attached hydrogen (secondary N) is 4. The van der Waals surface area contributed by atoms with Crippen LogP contribution in [0.2, 0.25) is 5.15 Å². The lowest BCUT2D eigenvalue weighted by Gasteiger charge is -2.29. The van der Waals surface area contributed by atoms with Gasteiger partial charge in [-0.1, -0.05) is 11.6 Å². The molecule has 3 aromatic heterocycles. The molecule has 3 aromatic rings. The number of aromatic nitrogens is 4. The maximum Gasteiger partial charge on any atom is 0.276 e. The smallest absolute Gasteiger partial charge is 0.276 e. The molecule has 0 radical (unpaired) electrons. The number of hydrogen-bond acceptors (Lipinski definition) is 8. The normalized spacial score (nSPS) is 20.4. The Morgan fingerprint density at radius 1 is 1.08 bits per heavy atom. The summed E-state index contributed by atoms with van der Waals surface area (Å²) in [6, 6.07) is 5.83. The van der Waals surface area contributed by atoms with E-state index in [9.17, 15) is 9.59 Å². The van der Waals surface area contributed by atoms with Gasteiger partial charge in [0.05, 0.1) is 17.9 Å². The molecular formula is C26H33ClN8O2. The highest BCUT2D eigenvalue weighted by Crippen LogP contribution is 2.32. The molecule has 196 valence electrons. The zero-order valence-corrected chi connectivity index (χ0v) is 21.9. The number of carbonyl (C=O) groups excluding carboxylic acids is 2. The Hall–Kier alpha value is -3.24. The van der Waals surface area contributed by atoms with Crippen LogP contribution in [0.25, 0.3) is 5.65 Å². The Labute approximate surface area is 221 Å². The molecule has 10 nitrogen and oxygen atoms in total. The predicted molar refractivity (Wildman–Crippen MR) is 144 cm³/mol. The maximum absolute atomic E-state index is 13.1. The molecule has 4 N–H and O–H groups in total. The number of carbonyl (C=O) groups is 2. The molecule has 0 bridgehead atoms. The van der Waals surface area contributed by atoms with Crippen LogP contribution in [0.15, 0.2) is 30.6 Å². The Kier molecular flexibility index (Phi) is 7.57. The van der Waals surface area contributed by atoms with Crippen LogP contribution in [0, 0.1) is 5.92 Å². The fraction of sp³-hybridized carbons (Fsp3) is 0.500. The number of Topliss-reactive ketones (excluding diaryl/α,β-unsaturated/α-hetero) is 1. The van der Waals surface area contributed by atoms with Crippen molar-refractivity contribution in [3.63, 3.8) is 0 Å². The first-order valence-electron chi connectivity index (χ1n) is 12.9. The van der Waals surface area contributed by atoms with E-state index >= 15 is 0 Å². The number of pyridine rings is 1. The van der Waals surface area contributed by atoms with Crippen molar-refractivity contribution in [1.29, 1.82) is 0 Å². The van der Waals surface area contributed by atoms with Crippen molar-refractivity contribution in [2.45, 2.75) is 70.0 Å². The third kappa shape index (κ3) is 6.19.